The fourth-order valence-corrected chi connectivity index (χ4v) is 2.28. The SMILES string of the molecule is CC(C)COc1ccccc1NC(C)C1CCOC1. The molecule has 1 fully saturated rings. The molecule has 0 saturated carbocycles. The van der Waals surface area contributed by atoms with Crippen LogP contribution in [0.15, 0.2) is 24.3 Å². The van der Waals surface area contributed by atoms with Crippen molar-refractivity contribution in [3.63, 3.8) is 0 Å². The van der Waals surface area contributed by atoms with Gasteiger partial charge in [0.05, 0.1) is 18.9 Å². The molecule has 1 N–H and O–H groups in total. The van der Waals surface area contributed by atoms with E-state index in [1.54, 1.807) is 0 Å². The standard InChI is InChI=1S/C16H25NO2/c1-12(2)10-19-16-7-5-4-6-15(16)17-13(3)14-8-9-18-11-14/h4-7,12-14,17H,8-11H2,1-3H3. The van der Waals surface area contributed by atoms with E-state index < -0.39 is 0 Å². The molecular formula is C16H25NO2. The Labute approximate surface area is 116 Å². The summed E-state index contributed by atoms with van der Waals surface area (Å²) in [6, 6.07) is 8.59. The van der Waals surface area contributed by atoms with Gasteiger partial charge in [-0.25, -0.2) is 0 Å². The van der Waals surface area contributed by atoms with E-state index in [4.69, 9.17) is 9.47 Å². The van der Waals surface area contributed by atoms with Crippen molar-refractivity contribution >= 4 is 5.69 Å². The maximum absolute atomic E-state index is 5.87. The van der Waals surface area contributed by atoms with Gasteiger partial charge in [0.2, 0.25) is 0 Å². The molecule has 106 valence electrons. The molecule has 1 aliphatic rings. The molecule has 3 nitrogen and oxygen atoms in total. The van der Waals surface area contributed by atoms with Crippen molar-refractivity contribution in [3.05, 3.63) is 24.3 Å². The largest absolute Gasteiger partial charge is 0.491 e. The molecular weight excluding hydrogens is 238 g/mol. The first-order valence-electron chi connectivity index (χ1n) is 7.23. The highest BCUT2D eigenvalue weighted by atomic mass is 16.5. The summed E-state index contributed by atoms with van der Waals surface area (Å²) in [5, 5.41) is 3.57. The fourth-order valence-electron chi connectivity index (χ4n) is 2.28. The summed E-state index contributed by atoms with van der Waals surface area (Å²) in [4.78, 5) is 0. The number of para-hydroxylation sites is 2. The van der Waals surface area contributed by atoms with Gasteiger partial charge in [-0.15, -0.1) is 0 Å². The molecule has 2 rings (SSSR count). The summed E-state index contributed by atoms with van der Waals surface area (Å²) in [5.41, 5.74) is 1.09. The highest BCUT2D eigenvalue weighted by Crippen LogP contribution is 2.27. The van der Waals surface area contributed by atoms with Gasteiger partial charge >= 0.3 is 0 Å². The van der Waals surface area contributed by atoms with Gasteiger partial charge in [0.25, 0.3) is 0 Å². The molecule has 1 saturated heterocycles. The van der Waals surface area contributed by atoms with Crippen LogP contribution in [0, 0.1) is 11.8 Å². The zero-order valence-electron chi connectivity index (χ0n) is 12.2. The van der Waals surface area contributed by atoms with E-state index in [2.05, 4.69) is 32.2 Å². The van der Waals surface area contributed by atoms with Crippen LogP contribution in [0.25, 0.3) is 0 Å². The maximum atomic E-state index is 5.87. The zero-order valence-corrected chi connectivity index (χ0v) is 12.2. The molecule has 0 radical (unpaired) electrons. The van der Waals surface area contributed by atoms with Gasteiger partial charge in [0.15, 0.2) is 0 Å². The second-order valence-corrected chi connectivity index (χ2v) is 5.76. The van der Waals surface area contributed by atoms with Crippen LogP contribution in [0.1, 0.15) is 27.2 Å². The van der Waals surface area contributed by atoms with E-state index in [1.165, 1.54) is 0 Å². The number of hydrogen-bond acceptors (Lipinski definition) is 3. The van der Waals surface area contributed by atoms with Crippen LogP contribution in [0.5, 0.6) is 5.75 Å². The lowest BCUT2D eigenvalue weighted by Crippen LogP contribution is -2.26. The second kappa shape index (κ2) is 6.80. The quantitative estimate of drug-likeness (QED) is 0.851. The Morgan fingerprint density at radius 2 is 2.11 bits per heavy atom. The predicted molar refractivity (Wildman–Crippen MR) is 78.8 cm³/mol. The minimum Gasteiger partial charge on any atom is -0.491 e. The van der Waals surface area contributed by atoms with Gasteiger partial charge in [-0.05, 0) is 31.4 Å². The van der Waals surface area contributed by atoms with Crippen LogP contribution < -0.4 is 10.1 Å². The van der Waals surface area contributed by atoms with E-state index in [-0.39, 0.29) is 0 Å². The van der Waals surface area contributed by atoms with Crippen LogP contribution in [0.2, 0.25) is 0 Å². The van der Waals surface area contributed by atoms with Crippen LogP contribution >= 0.6 is 0 Å². The summed E-state index contributed by atoms with van der Waals surface area (Å²) in [7, 11) is 0. The van der Waals surface area contributed by atoms with Crippen molar-refractivity contribution in [2.45, 2.75) is 33.2 Å². The van der Waals surface area contributed by atoms with E-state index in [9.17, 15) is 0 Å². The molecule has 0 amide bonds. The zero-order chi connectivity index (χ0) is 13.7. The van der Waals surface area contributed by atoms with Gasteiger partial charge in [0.1, 0.15) is 5.75 Å². The summed E-state index contributed by atoms with van der Waals surface area (Å²) < 4.78 is 11.3. The lowest BCUT2D eigenvalue weighted by molar-refractivity contribution is 0.183. The van der Waals surface area contributed by atoms with Gasteiger partial charge in [-0.2, -0.15) is 0 Å². The Kier molecular flexibility index (Phi) is 5.08. The number of benzene rings is 1. The van der Waals surface area contributed by atoms with E-state index >= 15 is 0 Å². The third-order valence-corrected chi connectivity index (χ3v) is 3.51. The maximum Gasteiger partial charge on any atom is 0.142 e. The highest BCUT2D eigenvalue weighted by Gasteiger charge is 2.22. The third kappa shape index (κ3) is 4.13. The Balaban J connectivity index is 1.98. The first-order chi connectivity index (χ1) is 9.16. The summed E-state index contributed by atoms with van der Waals surface area (Å²) in [5.74, 6) is 2.08. The average molecular weight is 263 g/mol. The molecule has 0 aliphatic carbocycles. The topological polar surface area (TPSA) is 30.5 Å². The number of rotatable bonds is 6. The molecule has 1 heterocycles. The Morgan fingerprint density at radius 1 is 1.32 bits per heavy atom. The fraction of sp³-hybridized carbons (Fsp3) is 0.625. The molecule has 1 aliphatic heterocycles. The Bertz CT molecular complexity index is 386. The molecule has 2 unspecified atom stereocenters. The Hall–Kier alpha value is -1.22. The van der Waals surface area contributed by atoms with Crippen LogP contribution in [-0.2, 0) is 4.74 Å². The molecule has 19 heavy (non-hydrogen) atoms. The minimum atomic E-state index is 0.409. The van der Waals surface area contributed by atoms with E-state index in [0.717, 1.165) is 37.7 Å². The van der Waals surface area contributed by atoms with Gasteiger partial charge < -0.3 is 14.8 Å². The summed E-state index contributed by atoms with van der Waals surface area (Å²) in [6.45, 7) is 9.05. The van der Waals surface area contributed by atoms with Crippen molar-refractivity contribution in [2.75, 3.05) is 25.1 Å². The van der Waals surface area contributed by atoms with Crippen molar-refractivity contribution in [2.24, 2.45) is 11.8 Å². The number of anilines is 1. The summed E-state index contributed by atoms with van der Waals surface area (Å²) >= 11 is 0. The van der Waals surface area contributed by atoms with Crippen LogP contribution in [0.3, 0.4) is 0 Å². The van der Waals surface area contributed by atoms with E-state index in [0.29, 0.717) is 17.9 Å². The normalized spacial score (nSPS) is 20.5. The number of nitrogens with one attached hydrogen (secondary N) is 1. The van der Waals surface area contributed by atoms with E-state index in [1.807, 2.05) is 18.2 Å². The van der Waals surface area contributed by atoms with Crippen LogP contribution in [0.4, 0.5) is 5.69 Å². The predicted octanol–water partition coefficient (Wildman–Crippen LogP) is 3.56. The average Bonchev–Trinajstić information content (AvgIpc) is 2.91. The van der Waals surface area contributed by atoms with Crippen LogP contribution in [-0.4, -0.2) is 25.9 Å². The molecule has 0 spiro atoms. The van der Waals surface area contributed by atoms with Crippen molar-refractivity contribution in [3.8, 4) is 5.75 Å². The number of hydrogen-bond donors (Lipinski definition) is 1. The van der Waals surface area contributed by atoms with Gasteiger partial charge in [-0.3, -0.25) is 0 Å². The second-order valence-electron chi connectivity index (χ2n) is 5.76. The van der Waals surface area contributed by atoms with Crippen molar-refractivity contribution in [1.82, 2.24) is 0 Å². The van der Waals surface area contributed by atoms with Gasteiger partial charge in [-0.1, -0.05) is 26.0 Å². The first-order valence-corrected chi connectivity index (χ1v) is 7.23. The number of ether oxygens (including phenoxy) is 2. The molecule has 0 aromatic heterocycles. The smallest absolute Gasteiger partial charge is 0.142 e. The van der Waals surface area contributed by atoms with Crippen molar-refractivity contribution in [1.29, 1.82) is 0 Å². The lowest BCUT2D eigenvalue weighted by atomic mass is 10.0. The van der Waals surface area contributed by atoms with Crippen molar-refractivity contribution < 1.29 is 9.47 Å². The molecule has 1 aromatic carbocycles. The first kappa shape index (κ1) is 14.2. The monoisotopic (exact) mass is 263 g/mol. The third-order valence-electron chi connectivity index (χ3n) is 3.51. The lowest BCUT2D eigenvalue weighted by Gasteiger charge is -2.22. The Morgan fingerprint density at radius 3 is 2.79 bits per heavy atom. The molecule has 0 bridgehead atoms. The molecule has 2 atom stereocenters. The minimum absolute atomic E-state index is 0.409. The highest BCUT2D eigenvalue weighted by molar-refractivity contribution is 5.56. The molecule has 3 heteroatoms. The summed E-state index contributed by atoms with van der Waals surface area (Å²) in [6.07, 6.45) is 1.14. The van der Waals surface area contributed by atoms with Gasteiger partial charge in [0, 0.05) is 18.6 Å². The molecule has 1 aromatic rings.